The second-order valence-electron chi connectivity index (χ2n) is 5.38. The maximum atomic E-state index is 11.8. The monoisotopic (exact) mass is 294 g/mol. The van der Waals surface area contributed by atoms with Crippen molar-refractivity contribution < 1.29 is 9.53 Å². The number of fused-ring (bicyclic) bond motifs is 1. The van der Waals surface area contributed by atoms with Crippen LogP contribution in [0, 0.1) is 6.92 Å². The van der Waals surface area contributed by atoms with Gasteiger partial charge in [0, 0.05) is 18.8 Å². The quantitative estimate of drug-likeness (QED) is 0.816. The van der Waals surface area contributed by atoms with Crippen molar-refractivity contribution >= 4 is 5.91 Å². The number of ether oxygens (including phenoxy) is 1. The highest BCUT2D eigenvalue weighted by Gasteiger charge is 2.19. The lowest BCUT2D eigenvalue weighted by molar-refractivity contribution is -0.126. The molecule has 0 bridgehead atoms. The number of hydrogen-bond acceptors (Lipinski definition) is 3. The van der Waals surface area contributed by atoms with E-state index in [1.54, 1.807) is 11.1 Å². The molecule has 2 heterocycles. The van der Waals surface area contributed by atoms with Crippen LogP contribution in [0.2, 0.25) is 0 Å². The topological polar surface area (TPSA) is 42.4 Å². The predicted octanol–water partition coefficient (Wildman–Crippen LogP) is 3.25. The first-order chi connectivity index (χ1) is 10.7. The van der Waals surface area contributed by atoms with Crippen molar-refractivity contribution in [1.82, 2.24) is 9.88 Å². The molecular weight excluding hydrogens is 276 g/mol. The van der Waals surface area contributed by atoms with Crippen LogP contribution in [0.15, 0.2) is 49.2 Å². The molecule has 1 aromatic heterocycles. The first-order valence-electron chi connectivity index (χ1n) is 7.29. The fourth-order valence-corrected chi connectivity index (χ4v) is 2.56. The summed E-state index contributed by atoms with van der Waals surface area (Å²) in [5.41, 5.74) is 3.35. The molecule has 4 nitrogen and oxygen atoms in total. The number of hydrogen-bond donors (Lipinski definition) is 0. The lowest BCUT2D eigenvalue weighted by Crippen LogP contribution is -2.34. The smallest absolute Gasteiger partial charge is 0.246 e. The Morgan fingerprint density at radius 3 is 2.82 bits per heavy atom. The van der Waals surface area contributed by atoms with Crippen LogP contribution in [0.3, 0.4) is 0 Å². The van der Waals surface area contributed by atoms with Crippen LogP contribution in [0.5, 0.6) is 11.5 Å². The van der Waals surface area contributed by atoms with Gasteiger partial charge < -0.3 is 9.64 Å². The van der Waals surface area contributed by atoms with E-state index in [0.29, 0.717) is 12.3 Å². The van der Waals surface area contributed by atoms with E-state index in [9.17, 15) is 4.79 Å². The molecule has 1 aliphatic heterocycles. The zero-order chi connectivity index (χ0) is 15.5. The zero-order valence-corrected chi connectivity index (χ0v) is 12.6. The molecule has 0 atom stereocenters. The van der Waals surface area contributed by atoms with E-state index in [2.05, 4.69) is 17.6 Å². The summed E-state index contributed by atoms with van der Waals surface area (Å²) in [5.74, 6) is 1.44. The molecule has 1 aromatic carbocycles. The van der Waals surface area contributed by atoms with E-state index in [1.165, 1.54) is 11.6 Å². The van der Waals surface area contributed by atoms with Gasteiger partial charge >= 0.3 is 0 Å². The third kappa shape index (κ3) is 3.01. The van der Waals surface area contributed by atoms with Crippen molar-refractivity contribution in [3.63, 3.8) is 0 Å². The Kier molecular flexibility index (Phi) is 3.92. The van der Waals surface area contributed by atoms with Crippen LogP contribution in [0.4, 0.5) is 0 Å². The van der Waals surface area contributed by atoms with Crippen LogP contribution in [0.1, 0.15) is 16.8 Å². The second-order valence-corrected chi connectivity index (χ2v) is 5.38. The van der Waals surface area contributed by atoms with Crippen molar-refractivity contribution in [3.05, 3.63) is 66.0 Å². The molecule has 0 radical (unpaired) electrons. The maximum Gasteiger partial charge on any atom is 0.246 e. The Balaban J connectivity index is 1.79. The number of amides is 1. The van der Waals surface area contributed by atoms with Gasteiger partial charge in [-0.15, -0.1) is 0 Å². The minimum Gasteiger partial charge on any atom is -0.456 e. The molecule has 0 fully saturated rings. The molecule has 2 aromatic rings. The Hall–Kier alpha value is -2.62. The normalized spacial score (nSPS) is 13.4. The van der Waals surface area contributed by atoms with Gasteiger partial charge in [-0.1, -0.05) is 12.6 Å². The van der Waals surface area contributed by atoms with E-state index < -0.39 is 0 Å². The Morgan fingerprint density at radius 1 is 1.27 bits per heavy atom. The summed E-state index contributed by atoms with van der Waals surface area (Å²) in [5, 5.41) is 0. The first kappa shape index (κ1) is 14.3. The molecule has 112 valence electrons. The largest absolute Gasteiger partial charge is 0.456 e. The molecule has 1 aliphatic rings. The third-order valence-electron chi connectivity index (χ3n) is 3.80. The number of nitrogens with zero attached hydrogens (tertiary/aromatic N) is 2. The molecule has 0 unspecified atom stereocenters. The van der Waals surface area contributed by atoms with Crippen LogP contribution in [-0.2, 0) is 17.8 Å². The number of pyridine rings is 1. The molecule has 0 saturated carbocycles. The van der Waals surface area contributed by atoms with Crippen LogP contribution in [0.25, 0.3) is 0 Å². The number of rotatable bonds is 3. The highest BCUT2D eigenvalue weighted by atomic mass is 16.5. The van der Waals surface area contributed by atoms with Gasteiger partial charge in [0.2, 0.25) is 5.91 Å². The number of aryl methyl sites for hydroxylation is 1. The molecule has 0 saturated heterocycles. The standard InChI is InChI=1S/C18H18N2O2/c1-3-18(21)20-9-8-14-5-7-16(10-15(14)12-20)22-17-6-4-13(2)19-11-17/h3-7,10-11H,1,8-9,12H2,2H3. The van der Waals surface area contributed by atoms with Crippen LogP contribution in [-0.4, -0.2) is 22.3 Å². The first-order valence-corrected chi connectivity index (χ1v) is 7.29. The molecule has 0 aliphatic carbocycles. The summed E-state index contributed by atoms with van der Waals surface area (Å²) in [6.45, 7) is 6.82. The molecule has 22 heavy (non-hydrogen) atoms. The van der Waals surface area contributed by atoms with E-state index in [0.717, 1.165) is 30.0 Å². The van der Waals surface area contributed by atoms with Crippen molar-refractivity contribution in [2.45, 2.75) is 19.9 Å². The minimum absolute atomic E-state index is 0.0280. The lowest BCUT2D eigenvalue weighted by atomic mass is 9.99. The van der Waals surface area contributed by atoms with E-state index >= 15 is 0 Å². The van der Waals surface area contributed by atoms with Gasteiger partial charge in [-0.05, 0) is 54.8 Å². The number of carbonyl (C=O) groups excluding carboxylic acids is 1. The van der Waals surface area contributed by atoms with Gasteiger partial charge in [-0.2, -0.15) is 0 Å². The van der Waals surface area contributed by atoms with Crippen molar-refractivity contribution in [2.24, 2.45) is 0 Å². The number of carbonyl (C=O) groups is 1. The Morgan fingerprint density at radius 2 is 2.09 bits per heavy atom. The summed E-state index contributed by atoms with van der Waals surface area (Å²) < 4.78 is 5.84. The summed E-state index contributed by atoms with van der Waals surface area (Å²) in [6.07, 6.45) is 3.94. The molecule has 0 N–H and O–H groups in total. The average Bonchev–Trinajstić information content (AvgIpc) is 2.55. The number of aromatic nitrogens is 1. The third-order valence-corrected chi connectivity index (χ3v) is 3.80. The molecule has 1 amide bonds. The highest BCUT2D eigenvalue weighted by Crippen LogP contribution is 2.27. The summed E-state index contributed by atoms with van der Waals surface area (Å²) >= 11 is 0. The van der Waals surface area contributed by atoms with E-state index in [1.807, 2.05) is 31.2 Å². The predicted molar refractivity (Wildman–Crippen MR) is 84.8 cm³/mol. The molecule has 3 rings (SSSR count). The van der Waals surface area contributed by atoms with Gasteiger partial charge in [-0.3, -0.25) is 9.78 Å². The average molecular weight is 294 g/mol. The van der Waals surface area contributed by atoms with Crippen molar-refractivity contribution in [2.75, 3.05) is 6.54 Å². The fraction of sp³-hybridized carbons (Fsp3) is 0.222. The lowest BCUT2D eigenvalue weighted by Gasteiger charge is -2.28. The maximum absolute atomic E-state index is 11.8. The van der Waals surface area contributed by atoms with Crippen molar-refractivity contribution in [1.29, 1.82) is 0 Å². The van der Waals surface area contributed by atoms with Crippen molar-refractivity contribution in [3.8, 4) is 11.5 Å². The van der Waals surface area contributed by atoms with Gasteiger partial charge in [0.05, 0.1) is 6.20 Å². The van der Waals surface area contributed by atoms with Crippen LogP contribution < -0.4 is 4.74 Å². The van der Waals surface area contributed by atoms with Gasteiger partial charge in [0.1, 0.15) is 11.5 Å². The second kappa shape index (κ2) is 6.02. The summed E-state index contributed by atoms with van der Waals surface area (Å²) in [7, 11) is 0. The van der Waals surface area contributed by atoms with E-state index in [4.69, 9.17) is 4.74 Å². The van der Waals surface area contributed by atoms with Gasteiger partial charge in [0.15, 0.2) is 0 Å². The molecule has 0 spiro atoms. The Bertz CT molecular complexity index is 708. The summed E-state index contributed by atoms with van der Waals surface area (Å²) in [4.78, 5) is 17.8. The SMILES string of the molecule is C=CC(=O)N1CCc2ccc(Oc3ccc(C)nc3)cc2C1. The highest BCUT2D eigenvalue weighted by molar-refractivity contribution is 5.87. The fourth-order valence-electron chi connectivity index (χ4n) is 2.56. The van der Waals surface area contributed by atoms with E-state index in [-0.39, 0.29) is 5.91 Å². The Labute approximate surface area is 130 Å². The summed E-state index contributed by atoms with van der Waals surface area (Å²) in [6, 6.07) is 9.84. The number of benzene rings is 1. The van der Waals surface area contributed by atoms with Crippen LogP contribution >= 0.6 is 0 Å². The zero-order valence-electron chi connectivity index (χ0n) is 12.6. The molecular formula is C18H18N2O2. The van der Waals surface area contributed by atoms with Gasteiger partial charge in [0.25, 0.3) is 0 Å². The molecule has 4 heteroatoms. The minimum atomic E-state index is -0.0280. The van der Waals surface area contributed by atoms with Gasteiger partial charge in [-0.25, -0.2) is 0 Å².